The number of halogens is 1. The molecule has 0 aliphatic heterocycles. The molecule has 2 N–H and O–H groups in total. The van der Waals surface area contributed by atoms with E-state index in [0.29, 0.717) is 11.6 Å². The number of hydrogen-bond acceptors (Lipinski definition) is 3. The van der Waals surface area contributed by atoms with Crippen molar-refractivity contribution in [1.29, 1.82) is 0 Å². The van der Waals surface area contributed by atoms with Crippen molar-refractivity contribution in [3.8, 4) is 0 Å². The van der Waals surface area contributed by atoms with Crippen molar-refractivity contribution in [3.05, 3.63) is 70.9 Å². The fraction of sp³-hybridized carbons (Fsp3) is 0.211. The van der Waals surface area contributed by atoms with Crippen LogP contribution in [0.1, 0.15) is 17.2 Å². The summed E-state index contributed by atoms with van der Waals surface area (Å²) in [6.07, 6.45) is 2.80. The first-order valence-corrected chi connectivity index (χ1v) is 8.19. The van der Waals surface area contributed by atoms with Crippen LogP contribution >= 0.6 is 11.6 Å². The van der Waals surface area contributed by atoms with Gasteiger partial charge in [0, 0.05) is 28.7 Å². The standard InChI is InChI=1S/C19H19ClN2O2/c1-24-19(23)18(15-7-2-4-8-16(15)20)21-11-10-13-12-22-17-9-5-3-6-14(13)17/h2-9,12,18,21-22H,10-11H2,1H3. The van der Waals surface area contributed by atoms with E-state index < -0.39 is 6.04 Å². The summed E-state index contributed by atoms with van der Waals surface area (Å²) in [7, 11) is 1.38. The van der Waals surface area contributed by atoms with E-state index in [2.05, 4.69) is 16.4 Å². The molecule has 0 bridgehead atoms. The highest BCUT2D eigenvalue weighted by molar-refractivity contribution is 6.31. The van der Waals surface area contributed by atoms with Gasteiger partial charge >= 0.3 is 5.97 Å². The van der Waals surface area contributed by atoms with E-state index >= 15 is 0 Å². The fourth-order valence-electron chi connectivity index (χ4n) is 2.84. The van der Waals surface area contributed by atoms with Crippen molar-refractivity contribution in [1.82, 2.24) is 10.3 Å². The van der Waals surface area contributed by atoms with Gasteiger partial charge in [-0.3, -0.25) is 0 Å². The molecule has 0 aliphatic carbocycles. The second-order valence-corrected chi connectivity index (χ2v) is 5.95. The highest BCUT2D eigenvalue weighted by Crippen LogP contribution is 2.24. The van der Waals surface area contributed by atoms with Gasteiger partial charge in [0.1, 0.15) is 6.04 Å². The summed E-state index contributed by atoms with van der Waals surface area (Å²) in [5.41, 5.74) is 3.05. The molecule has 0 amide bonds. The molecule has 2 aromatic carbocycles. The Labute approximate surface area is 145 Å². The average Bonchev–Trinajstić information content (AvgIpc) is 3.02. The number of ether oxygens (including phenoxy) is 1. The molecular weight excluding hydrogens is 324 g/mol. The van der Waals surface area contributed by atoms with E-state index in [4.69, 9.17) is 16.3 Å². The normalized spacial score (nSPS) is 12.2. The van der Waals surface area contributed by atoms with E-state index in [-0.39, 0.29) is 5.97 Å². The van der Waals surface area contributed by atoms with Gasteiger partial charge in [0.25, 0.3) is 0 Å². The van der Waals surface area contributed by atoms with Crippen LogP contribution in [0, 0.1) is 0 Å². The molecule has 5 heteroatoms. The van der Waals surface area contributed by atoms with Crippen LogP contribution in [0.5, 0.6) is 0 Å². The van der Waals surface area contributed by atoms with Gasteiger partial charge in [-0.25, -0.2) is 4.79 Å². The molecule has 3 rings (SSSR count). The van der Waals surface area contributed by atoms with Gasteiger partial charge < -0.3 is 15.0 Å². The maximum Gasteiger partial charge on any atom is 0.327 e. The van der Waals surface area contributed by atoms with Crippen LogP contribution in [-0.2, 0) is 16.0 Å². The molecule has 0 aliphatic rings. The predicted octanol–water partition coefficient (Wildman–Crippen LogP) is 3.87. The Morgan fingerprint density at radius 3 is 2.75 bits per heavy atom. The summed E-state index contributed by atoms with van der Waals surface area (Å²) in [6, 6.07) is 14.9. The summed E-state index contributed by atoms with van der Waals surface area (Å²) >= 11 is 6.22. The number of aromatic amines is 1. The molecule has 1 atom stereocenters. The van der Waals surface area contributed by atoms with E-state index in [1.807, 2.05) is 42.6 Å². The Balaban J connectivity index is 1.72. The van der Waals surface area contributed by atoms with E-state index in [9.17, 15) is 4.79 Å². The maximum atomic E-state index is 12.1. The molecule has 4 nitrogen and oxygen atoms in total. The van der Waals surface area contributed by atoms with Crippen LogP contribution in [0.4, 0.5) is 0 Å². The molecule has 1 unspecified atom stereocenters. The molecule has 0 saturated heterocycles. The number of para-hydroxylation sites is 1. The van der Waals surface area contributed by atoms with Gasteiger partial charge in [0.2, 0.25) is 0 Å². The molecule has 24 heavy (non-hydrogen) atoms. The van der Waals surface area contributed by atoms with Crippen molar-refractivity contribution in [3.63, 3.8) is 0 Å². The van der Waals surface area contributed by atoms with Crippen LogP contribution in [0.15, 0.2) is 54.7 Å². The summed E-state index contributed by atoms with van der Waals surface area (Å²) in [5, 5.41) is 5.01. The highest BCUT2D eigenvalue weighted by Gasteiger charge is 2.22. The number of aromatic nitrogens is 1. The quantitative estimate of drug-likeness (QED) is 0.669. The zero-order valence-electron chi connectivity index (χ0n) is 13.4. The van der Waals surface area contributed by atoms with Crippen LogP contribution in [0.25, 0.3) is 10.9 Å². The lowest BCUT2D eigenvalue weighted by Crippen LogP contribution is -2.31. The maximum absolute atomic E-state index is 12.1. The summed E-state index contributed by atoms with van der Waals surface area (Å²) in [4.78, 5) is 15.4. The minimum absolute atomic E-state index is 0.345. The molecule has 1 aromatic heterocycles. The van der Waals surface area contributed by atoms with Gasteiger partial charge in [0.05, 0.1) is 7.11 Å². The summed E-state index contributed by atoms with van der Waals surface area (Å²) in [5.74, 6) is -0.345. The first-order valence-electron chi connectivity index (χ1n) is 7.81. The first-order chi connectivity index (χ1) is 11.7. The summed E-state index contributed by atoms with van der Waals surface area (Å²) < 4.78 is 4.91. The lowest BCUT2D eigenvalue weighted by atomic mass is 10.1. The highest BCUT2D eigenvalue weighted by atomic mass is 35.5. The average molecular weight is 343 g/mol. The number of benzene rings is 2. The van der Waals surface area contributed by atoms with Crippen molar-refractivity contribution in [2.75, 3.05) is 13.7 Å². The van der Waals surface area contributed by atoms with Gasteiger partial charge in [-0.15, -0.1) is 0 Å². The molecule has 0 spiro atoms. The Kier molecular flexibility index (Phi) is 5.18. The van der Waals surface area contributed by atoms with Crippen LogP contribution in [0.3, 0.4) is 0 Å². The Hall–Kier alpha value is -2.30. The second-order valence-electron chi connectivity index (χ2n) is 5.54. The monoisotopic (exact) mass is 342 g/mol. The third-order valence-electron chi connectivity index (χ3n) is 4.07. The number of H-pyrrole nitrogens is 1. The molecule has 3 aromatic rings. The lowest BCUT2D eigenvalue weighted by molar-refractivity contribution is -0.143. The SMILES string of the molecule is COC(=O)C(NCCc1c[nH]c2ccccc12)c1ccccc1Cl. The Bertz CT molecular complexity index is 844. The number of rotatable bonds is 6. The third-order valence-corrected chi connectivity index (χ3v) is 4.42. The van der Waals surface area contributed by atoms with Gasteiger partial charge in [0.15, 0.2) is 0 Å². The van der Waals surface area contributed by atoms with Crippen molar-refractivity contribution in [2.45, 2.75) is 12.5 Å². The minimum atomic E-state index is -0.575. The lowest BCUT2D eigenvalue weighted by Gasteiger charge is -2.18. The second kappa shape index (κ2) is 7.51. The molecule has 1 heterocycles. The number of hydrogen-bond donors (Lipinski definition) is 2. The van der Waals surface area contributed by atoms with Crippen LogP contribution in [-0.4, -0.2) is 24.6 Å². The number of carbonyl (C=O) groups excluding carboxylic acids is 1. The molecular formula is C19H19ClN2O2. The number of fused-ring (bicyclic) bond motifs is 1. The molecule has 0 radical (unpaired) electrons. The van der Waals surface area contributed by atoms with Crippen LogP contribution < -0.4 is 5.32 Å². The number of carbonyl (C=O) groups is 1. The molecule has 124 valence electrons. The Morgan fingerprint density at radius 1 is 1.21 bits per heavy atom. The zero-order chi connectivity index (χ0) is 16.9. The van der Waals surface area contributed by atoms with Gasteiger partial charge in [-0.1, -0.05) is 48.0 Å². The summed E-state index contributed by atoms with van der Waals surface area (Å²) in [6.45, 7) is 0.632. The van der Waals surface area contributed by atoms with E-state index in [0.717, 1.165) is 17.5 Å². The van der Waals surface area contributed by atoms with Crippen molar-refractivity contribution < 1.29 is 9.53 Å². The fourth-order valence-corrected chi connectivity index (χ4v) is 3.08. The van der Waals surface area contributed by atoms with Gasteiger partial charge in [-0.2, -0.15) is 0 Å². The predicted molar refractivity (Wildman–Crippen MR) is 96.2 cm³/mol. The largest absolute Gasteiger partial charge is 0.468 e. The number of nitrogens with one attached hydrogen (secondary N) is 2. The molecule has 0 saturated carbocycles. The topological polar surface area (TPSA) is 54.1 Å². The van der Waals surface area contributed by atoms with Crippen molar-refractivity contribution in [2.24, 2.45) is 0 Å². The van der Waals surface area contributed by atoms with E-state index in [1.54, 1.807) is 6.07 Å². The van der Waals surface area contributed by atoms with Crippen molar-refractivity contribution >= 4 is 28.5 Å². The number of esters is 1. The Morgan fingerprint density at radius 2 is 1.96 bits per heavy atom. The van der Waals surface area contributed by atoms with Gasteiger partial charge in [-0.05, 0) is 29.7 Å². The third kappa shape index (κ3) is 3.45. The van der Waals surface area contributed by atoms with E-state index in [1.165, 1.54) is 18.1 Å². The number of methoxy groups -OCH3 is 1. The first kappa shape index (κ1) is 16.6. The zero-order valence-corrected chi connectivity index (χ0v) is 14.1. The molecule has 0 fully saturated rings. The van der Waals surface area contributed by atoms with Crippen LogP contribution in [0.2, 0.25) is 5.02 Å². The smallest absolute Gasteiger partial charge is 0.327 e. The minimum Gasteiger partial charge on any atom is -0.468 e.